The third-order valence-corrected chi connectivity index (χ3v) is 5.91. The van der Waals surface area contributed by atoms with Gasteiger partial charge in [-0.05, 0) is 60.6 Å². The van der Waals surface area contributed by atoms with Crippen molar-refractivity contribution in [1.29, 1.82) is 0 Å². The van der Waals surface area contributed by atoms with Gasteiger partial charge in [-0.15, -0.1) is 11.3 Å². The van der Waals surface area contributed by atoms with Gasteiger partial charge in [-0.25, -0.2) is 0 Å². The van der Waals surface area contributed by atoms with Crippen molar-refractivity contribution in [1.82, 2.24) is 5.32 Å². The number of hydrogen-bond donors (Lipinski definition) is 1. The van der Waals surface area contributed by atoms with Crippen LogP contribution in [0.4, 0.5) is 0 Å². The molecule has 1 unspecified atom stereocenters. The largest absolute Gasteiger partial charge is 0.309 e. The molecule has 2 rings (SSSR count). The van der Waals surface area contributed by atoms with E-state index in [2.05, 4.69) is 41.2 Å². The Morgan fingerprint density at radius 2 is 2.11 bits per heavy atom. The number of thiophene rings is 1. The third kappa shape index (κ3) is 3.58. The quantitative estimate of drug-likeness (QED) is 0.758. The number of nitrogens with one attached hydrogen (secondary N) is 1. The van der Waals surface area contributed by atoms with Crippen molar-refractivity contribution < 1.29 is 0 Å². The van der Waals surface area contributed by atoms with Crippen molar-refractivity contribution in [2.45, 2.75) is 58.4 Å². The van der Waals surface area contributed by atoms with Gasteiger partial charge < -0.3 is 5.32 Å². The lowest BCUT2D eigenvalue weighted by Gasteiger charge is -2.31. The van der Waals surface area contributed by atoms with Crippen molar-refractivity contribution in [2.75, 3.05) is 6.54 Å². The summed E-state index contributed by atoms with van der Waals surface area (Å²) in [5, 5.41) is 3.79. The molecule has 102 valence electrons. The van der Waals surface area contributed by atoms with Crippen molar-refractivity contribution in [3.05, 3.63) is 20.3 Å². The zero-order valence-electron chi connectivity index (χ0n) is 11.5. The summed E-state index contributed by atoms with van der Waals surface area (Å²) in [4.78, 5) is 2.93. The number of halogens is 1. The van der Waals surface area contributed by atoms with E-state index in [1.54, 1.807) is 0 Å². The van der Waals surface area contributed by atoms with Gasteiger partial charge in [0.15, 0.2) is 0 Å². The van der Waals surface area contributed by atoms with Crippen LogP contribution in [0.2, 0.25) is 0 Å². The van der Waals surface area contributed by atoms with E-state index in [1.165, 1.54) is 52.8 Å². The zero-order valence-corrected chi connectivity index (χ0v) is 13.9. The van der Waals surface area contributed by atoms with Gasteiger partial charge in [0.2, 0.25) is 0 Å². The van der Waals surface area contributed by atoms with Crippen molar-refractivity contribution in [3.8, 4) is 0 Å². The van der Waals surface area contributed by atoms with Crippen LogP contribution in [-0.4, -0.2) is 6.54 Å². The summed E-state index contributed by atoms with van der Waals surface area (Å²) in [5.41, 5.74) is 0. The van der Waals surface area contributed by atoms with Gasteiger partial charge in [-0.3, -0.25) is 0 Å². The third-order valence-electron chi connectivity index (χ3n) is 3.85. The van der Waals surface area contributed by atoms with Gasteiger partial charge in [-0.2, -0.15) is 0 Å². The predicted octanol–water partition coefficient (Wildman–Crippen LogP) is 5.44. The van der Waals surface area contributed by atoms with E-state index in [0.717, 1.165) is 12.5 Å². The molecule has 1 fully saturated rings. The first-order valence-electron chi connectivity index (χ1n) is 7.21. The molecule has 18 heavy (non-hydrogen) atoms. The van der Waals surface area contributed by atoms with Crippen LogP contribution in [0.1, 0.15) is 61.2 Å². The van der Waals surface area contributed by atoms with E-state index >= 15 is 0 Å². The SMILES string of the molecule is CCCNC(c1sc(C)cc1Br)C1CCCCC1. The molecule has 1 nitrogen and oxygen atoms in total. The van der Waals surface area contributed by atoms with Crippen molar-refractivity contribution >= 4 is 27.3 Å². The van der Waals surface area contributed by atoms with Gasteiger partial charge in [0, 0.05) is 20.3 Å². The van der Waals surface area contributed by atoms with E-state index in [-0.39, 0.29) is 0 Å². The molecule has 0 spiro atoms. The highest BCUT2D eigenvalue weighted by Gasteiger charge is 2.27. The topological polar surface area (TPSA) is 12.0 Å². The van der Waals surface area contributed by atoms with Crippen molar-refractivity contribution in [2.24, 2.45) is 5.92 Å². The molecular weight excluding hydrogens is 306 g/mol. The summed E-state index contributed by atoms with van der Waals surface area (Å²) in [6.07, 6.45) is 8.26. The Labute approximate surface area is 123 Å². The van der Waals surface area contributed by atoms with Crippen LogP contribution in [0.5, 0.6) is 0 Å². The van der Waals surface area contributed by atoms with E-state index in [0.29, 0.717) is 6.04 Å². The lowest BCUT2D eigenvalue weighted by molar-refractivity contribution is 0.274. The Balaban J connectivity index is 2.15. The van der Waals surface area contributed by atoms with Gasteiger partial charge in [0.1, 0.15) is 0 Å². The average molecular weight is 330 g/mol. The first kappa shape index (κ1) is 14.5. The molecule has 1 heterocycles. The maximum atomic E-state index is 3.79. The molecule has 1 N–H and O–H groups in total. The molecule has 0 saturated heterocycles. The smallest absolute Gasteiger partial charge is 0.0454 e. The summed E-state index contributed by atoms with van der Waals surface area (Å²) >= 11 is 5.70. The minimum atomic E-state index is 0.568. The fourth-order valence-electron chi connectivity index (χ4n) is 2.95. The van der Waals surface area contributed by atoms with Crippen LogP contribution in [0.3, 0.4) is 0 Å². The van der Waals surface area contributed by atoms with E-state index in [1.807, 2.05) is 11.3 Å². The summed E-state index contributed by atoms with van der Waals surface area (Å²) in [7, 11) is 0. The molecule has 1 saturated carbocycles. The first-order chi connectivity index (χ1) is 8.72. The highest BCUT2D eigenvalue weighted by atomic mass is 79.9. The molecule has 1 aliphatic rings. The minimum absolute atomic E-state index is 0.568. The maximum Gasteiger partial charge on any atom is 0.0454 e. The predicted molar refractivity (Wildman–Crippen MR) is 84.4 cm³/mol. The molecule has 0 amide bonds. The minimum Gasteiger partial charge on any atom is -0.309 e. The molecule has 3 heteroatoms. The van der Waals surface area contributed by atoms with Gasteiger partial charge >= 0.3 is 0 Å². The van der Waals surface area contributed by atoms with Gasteiger partial charge in [-0.1, -0.05) is 26.2 Å². The molecule has 1 aliphatic carbocycles. The van der Waals surface area contributed by atoms with E-state index < -0.39 is 0 Å². The molecule has 0 aromatic carbocycles. The number of aryl methyl sites for hydroxylation is 1. The Morgan fingerprint density at radius 3 is 2.67 bits per heavy atom. The number of hydrogen-bond acceptors (Lipinski definition) is 2. The number of rotatable bonds is 5. The summed E-state index contributed by atoms with van der Waals surface area (Å²) < 4.78 is 1.31. The zero-order chi connectivity index (χ0) is 13.0. The Kier molecular flexibility index (Phi) is 5.71. The molecular formula is C15H24BrNS. The molecule has 1 aromatic heterocycles. The summed E-state index contributed by atoms with van der Waals surface area (Å²) in [6.45, 7) is 5.58. The summed E-state index contributed by atoms with van der Waals surface area (Å²) in [6, 6.07) is 2.84. The second-order valence-electron chi connectivity index (χ2n) is 5.40. The monoisotopic (exact) mass is 329 g/mol. The Bertz CT molecular complexity index is 369. The molecule has 0 aliphatic heterocycles. The standard InChI is InChI=1S/C15H24BrNS/c1-3-9-17-14(12-7-5-4-6-8-12)15-13(16)10-11(2)18-15/h10,12,14,17H,3-9H2,1-2H3. The Hall–Kier alpha value is 0.140. The van der Waals surface area contributed by atoms with E-state index in [4.69, 9.17) is 0 Å². The van der Waals surface area contributed by atoms with Crippen molar-refractivity contribution in [3.63, 3.8) is 0 Å². The van der Waals surface area contributed by atoms with Crippen LogP contribution in [0.15, 0.2) is 10.5 Å². The Morgan fingerprint density at radius 1 is 1.39 bits per heavy atom. The first-order valence-corrected chi connectivity index (χ1v) is 8.82. The average Bonchev–Trinajstić information content (AvgIpc) is 2.70. The fraction of sp³-hybridized carbons (Fsp3) is 0.733. The highest BCUT2D eigenvalue weighted by molar-refractivity contribution is 9.10. The fourth-order valence-corrected chi connectivity index (χ4v) is 5.02. The maximum absolute atomic E-state index is 3.79. The lowest BCUT2D eigenvalue weighted by Crippen LogP contribution is -2.30. The second-order valence-corrected chi connectivity index (χ2v) is 7.54. The summed E-state index contributed by atoms with van der Waals surface area (Å²) in [5.74, 6) is 0.833. The second kappa shape index (κ2) is 7.06. The molecule has 0 radical (unpaired) electrons. The molecule has 0 bridgehead atoms. The highest BCUT2D eigenvalue weighted by Crippen LogP contribution is 2.40. The van der Waals surface area contributed by atoms with Crippen LogP contribution in [0.25, 0.3) is 0 Å². The van der Waals surface area contributed by atoms with Gasteiger partial charge in [0.25, 0.3) is 0 Å². The van der Waals surface area contributed by atoms with Crippen LogP contribution >= 0.6 is 27.3 Å². The van der Waals surface area contributed by atoms with Crippen LogP contribution in [-0.2, 0) is 0 Å². The van der Waals surface area contributed by atoms with Crippen LogP contribution < -0.4 is 5.32 Å². The van der Waals surface area contributed by atoms with Gasteiger partial charge in [0.05, 0.1) is 0 Å². The molecule has 1 atom stereocenters. The van der Waals surface area contributed by atoms with E-state index in [9.17, 15) is 0 Å². The van der Waals surface area contributed by atoms with Crippen LogP contribution in [0, 0.1) is 12.8 Å². The normalized spacial score (nSPS) is 19.1. The molecule has 1 aromatic rings. The lowest BCUT2D eigenvalue weighted by atomic mass is 9.83.